The lowest BCUT2D eigenvalue weighted by molar-refractivity contribution is 0.341. The number of aryl methyl sites for hydroxylation is 1. The van der Waals surface area contributed by atoms with Gasteiger partial charge in [0.15, 0.2) is 0 Å². The van der Waals surface area contributed by atoms with Gasteiger partial charge in [-0.1, -0.05) is 12.1 Å². The molecule has 2 heterocycles. The van der Waals surface area contributed by atoms with Gasteiger partial charge in [-0.15, -0.1) is 24.0 Å². The molecule has 0 amide bonds. The van der Waals surface area contributed by atoms with Gasteiger partial charge in [-0.3, -0.25) is 0 Å². The predicted octanol–water partition coefficient (Wildman–Crippen LogP) is 4.33. The quantitative estimate of drug-likeness (QED) is 0.633. The maximum absolute atomic E-state index is 5.66. The maximum atomic E-state index is 5.66. The Morgan fingerprint density at radius 2 is 2.00 bits per heavy atom. The zero-order valence-electron chi connectivity index (χ0n) is 11.5. The molecular weight excluding hydrogens is 363 g/mol. The lowest BCUT2D eigenvalue weighted by Gasteiger charge is -2.07. The average molecular weight is 380 g/mol. The van der Waals surface area contributed by atoms with Crippen LogP contribution in [0.4, 0.5) is 0 Å². The SMILES string of the molecule is CCOc1ccccc1-c1cn2ccc(C)cc2n1.I. The van der Waals surface area contributed by atoms with E-state index in [4.69, 9.17) is 4.74 Å². The van der Waals surface area contributed by atoms with Gasteiger partial charge in [0.2, 0.25) is 0 Å². The van der Waals surface area contributed by atoms with Crippen molar-refractivity contribution in [3.05, 3.63) is 54.4 Å². The summed E-state index contributed by atoms with van der Waals surface area (Å²) in [5.74, 6) is 0.880. The first-order chi connectivity index (χ1) is 9.28. The second-order valence-corrected chi connectivity index (χ2v) is 4.52. The summed E-state index contributed by atoms with van der Waals surface area (Å²) < 4.78 is 7.69. The van der Waals surface area contributed by atoms with Crippen LogP contribution in [0.15, 0.2) is 48.8 Å². The smallest absolute Gasteiger partial charge is 0.137 e. The number of halogens is 1. The molecular formula is C16H17IN2O. The fourth-order valence-corrected chi connectivity index (χ4v) is 2.17. The number of aromatic nitrogens is 2. The second kappa shape index (κ2) is 6.26. The van der Waals surface area contributed by atoms with E-state index in [1.165, 1.54) is 5.56 Å². The van der Waals surface area contributed by atoms with E-state index in [1.54, 1.807) is 0 Å². The Hall–Kier alpha value is -1.56. The molecule has 0 unspecified atom stereocenters. The van der Waals surface area contributed by atoms with Crippen LogP contribution in [-0.4, -0.2) is 16.0 Å². The number of ether oxygens (including phenoxy) is 1. The summed E-state index contributed by atoms with van der Waals surface area (Å²) in [5, 5.41) is 0. The van der Waals surface area contributed by atoms with E-state index < -0.39 is 0 Å². The summed E-state index contributed by atoms with van der Waals surface area (Å²) in [7, 11) is 0. The Kier molecular flexibility index (Phi) is 4.65. The molecule has 0 saturated heterocycles. The number of nitrogens with zero attached hydrogens (tertiary/aromatic N) is 2. The highest BCUT2D eigenvalue weighted by Gasteiger charge is 2.09. The number of imidazole rings is 1. The van der Waals surface area contributed by atoms with E-state index in [0.717, 1.165) is 22.7 Å². The van der Waals surface area contributed by atoms with E-state index in [-0.39, 0.29) is 24.0 Å². The molecule has 0 saturated carbocycles. The van der Waals surface area contributed by atoms with Crippen LogP contribution in [0.2, 0.25) is 0 Å². The lowest BCUT2D eigenvalue weighted by atomic mass is 10.1. The van der Waals surface area contributed by atoms with Crippen molar-refractivity contribution in [2.24, 2.45) is 0 Å². The first-order valence-electron chi connectivity index (χ1n) is 6.45. The molecule has 104 valence electrons. The van der Waals surface area contributed by atoms with Gasteiger partial charge >= 0.3 is 0 Å². The van der Waals surface area contributed by atoms with Crippen LogP contribution in [0.5, 0.6) is 5.75 Å². The molecule has 3 aromatic rings. The number of pyridine rings is 1. The number of fused-ring (bicyclic) bond motifs is 1. The fourth-order valence-electron chi connectivity index (χ4n) is 2.17. The minimum atomic E-state index is 0. The topological polar surface area (TPSA) is 26.5 Å². The van der Waals surface area contributed by atoms with Crippen LogP contribution < -0.4 is 4.74 Å². The summed E-state index contributed by atoms with van der Waals surface area (Å²) in [6.45, 7) is 4.72. The van der Waals surface area contributed by atoms with Gasteiger partial charge in [-0.05, 0) is 43.7 Å². The average Bonchev–Trinajstić information content (AvgIpc) is 2.82. The Morgan fingerprint density at radius 3 is 2.80 bits per heavy atom. The Balaban J connectivity index is 0.00000147. The van der Waals surface area contributed by atoms with E-state index >= 15 is 0 Å². The monoisotopic (exact) mass is 380 g/mol. The Labute approximate surface area is 135 Å². The van der Waals surface area contributed by atoms with Gasteiger partial charge in [0, 0.05) is 18.0 Å². The van der Waals surface area contributed by atoms with Crippen LogP contribution in [-0.2, 0) is 0 Å². The highest BCUT2D eigenvalue weighted by Crippen LogP contribution is 2.29. The Morgan fingerprint density at radius 1 is 1.20 bits per heavy atom. The molecule has 0 N–H and O–H groups in total. The van der Waals surface area contributed by atoms with Crippen LogP contribution in [0, 0.1) is 6.92 Å². The van der Waals surface area contributed by atoms with Crippen LogP contribution >= 0.6 is 24.0 Å². The van der Waals surface area contributed by atoms with Gasteiger partial charge < -0.3 is 9.14 Å². The molecule has 0 atom stereocenters. The number of para-hydroxylation sites is 1. The number of hydrogen-bond acceptors (Lipinski definition) is 2. The van der Waals surface area contributed by atoms with Crippen molar-refractivity contribution in [1.29, 1.82) is 0 Å². The molecule has 3 rings (SSSR count). The van der Waals surface area contributed by atoms with Gasteiger partial charge in [0.25, 0.3) is 0 Å². The summed E-state index contributed by atoms with van der Waals surface area (Å²) >= 11 is 0. The number of benzene rings is 1. The Bertz CT molecular complexity index is 721. The zero-order chi connectivity index (χ0) is 13.2. The minimum Gasteiger partial charge on any atom is -0.493 e. The van der Waals surface area contributed by atoms with Crippen molar-refractivity contribution >= 4 is 29.6 Å². The van der Waals surface area contributed by atoms with Crippen LogP contribution in [0.1, 0.15) is 12.5 Å². The zero-order valence-corrected chi connectivity index (χ0v) is 13.9. The summed E-state index contributed by atoms with van der Waals surface area (Å²) in [6, 6.07) is 12.2. The largest absolute Gasteiger partial charge is 0.493 e. The molecule has 1 aromatic carbocycles. The molecule has 0 radical (unpaired) electrons. The summed E-state index contributed by atoms with van der Waals surface area (Å²) in [4.78, 5) is 4.67. The number of hydrogen-bond donors (Lipinski definition) is 0. The number of rotatable bonds is 3. The maximum Gasteiger partial charge on any atom is 0.137 e. The van der Waals surface area contributed by atoms with Crippen molar-refractivity contribution in [3.8, 4) is 17.0 Å². The molecule has 20 heavy (non-hydrogen) atoms. The molecule has 3 nitrogen and oxygen atoms in total. The molecule has 4 heteroatoms. The third-order valence-electron chi connectivity index (χ3n) is 3.08. The molecule has 2 aromatic heterocycles. The van der Waals surface area contributed by atoms with Crippen molar-refractivity contribution < 1.29 is 4.74 Å². The molecule has 0 fully saturated rings. The molecule has 0 aliphatic heterocycles. The second-order valence-electron chi connectivity index (χ2n) is 4.52. The summed E-state index contributed by atoms with van der Waals surface area (Å²) in [5.41, 5.74) is 4.14. The van der Waals surface area contributed by atoms with Gasteiger partial charge in [0.05, 0.1) is 12.3 Å². The highest BCUT2D eigenvalue weighted by molar-refractivity contribution is 14.0. The van der Waals surface area contributed by atoms with Crippen LogP contribution in [0.3, 0.4) is 0 Å². The van der Waals surface area contributed by atoms with Gasteiger partial charge in [-0.2, -0.15) is 0 Å². The molecule has 0 spiro atoms. The fraction of sp³-hybridized carbons (Fsp3) is 0.188. The van der Waals surface area contributed by atoms with Crippen molar-refractivity contribution in [1.82, 2.24) is 9.38 Å². The first-order valence-corrected chi connectivity index (χ1v) is 6.45. The third-order valence-corrected chi connectivity index (χ3v) is 3.08. The highest BCUT2D eigenvalue weighted by atomic mass is 127. The summed E-state index contributed by atoms with van der Waals surface area (Å²) in [6.07, 6.45) is 4.07. The molecule has 0 bridgehead atoms. The first kappa shape index (κ1) is 14.8. The standard InChI is InChI=1S/C16H16N2O.HI/c1-3-19-15-7-5-4-6-13(15)14-11-18-9-8-12(2)10-16(18)17-14;/h4-11H,3H2,1-2H3;1H. The van der Waals surface area contributed by atoms with E-state index in [1.807, 2.05) is 48.0 Å². The van der Waals surface area contributed by atoms with E-state index in [0.29, 0.717) is 6.61 Å². The van der Waals surface area contributed by atoms with Crippen molar-refractivity contribution in [2.45, 2.75) is 13.8 Å². The molecule has 0 aliphatic rings. The van der Waals surface area contributed by atoms with Crippen molar-refractivity contribution in [3.63, 3.8) is 0 Å². The normalized spacial score (nSPS) is 10.3. The van der Waals surface area contributed by atoms with E-state index in [2.05, 4.69) is 24.0 Å². The predicted molar refractivity (Wildman–Crippen MR) is 91.9 cm³/mol. The lowest BCUT2D eigenvalue weighted by Crippen LogP contribution is -1.93. The van der Waals surface area contributed by atoms with Crippen molar-refractivity contribution in [2.75, 3.05) is 6.61 Å². The van der Waals surface area contributed by atoms with Gasteiger partial charge in [-0.25, -0.2) is 4.98 Å². The molecule has 0 aliphatic carbocycles. The third kappa shape index (κ3) is 2.80. The van der Waals surface area contributed by atoms with E-state index in [9.17, 15) is 0 Å². The minimum absolute atomic E-state index is 0. The van der Waals surface area contributed by atoms with Crippen LogP contribution in [0.25, 0.3) is 16.9 Å². The van der Waals surface area contributed by atoms with Gasteiger partial charge in [0.1, 0.15) is 11.4 Å².